The zero-order valence-corrected chi connectivity index (χ0v) is 20.5. The van der Waals surface area contributed by atoms with Gasteiger partial charge in [0.2, 0.25) is 0 Å². The molecule has 0 saturated heterocycles. The van der Waals surface area contributed by atoms with E-state index in [2.05, 4.69) is 102 Å². The molecule has 6 rings (SSSR count). The Bertz CT molecular complexity index is 1310. The minimum absolute atomic E-state index is 0.291. The zero-order chi connectivity index (χ0) is 22.0. The maximum atomic E-state index is 2.62. The summed E-state index contributed by atoms with van der Waals surface area (Å²) in [7, 11) is 0. The molecular formula is C31H28NSe+. The molecule has 0 amide bonds. The van der Waals surface area contributed by atoms with E-state index in [4.69, 9.17) is 0 Å². The van der Waals surface area contributed by atoms with Gasteiger partial charge in [0.05, 0.1) is 0 Å². The molecule has 162 valence electrons. The predicted octanol–water partition coefficient (Wildman–Crippen LogP) is 4.58. The van der Waals surface area contributed by atoms with Crippen molar-refractivity contribution in [2.45, 2.75) is 25.7 Å². The first-order valence-electron chi connectivity index (χ1n) is 12.0. The first kappa shape index (κ1) is 20.7. The molecule has 3 aromatic rings. The fraction of sp³-hybridized carbons (Fsp3) is 0.194. The third-order valence-electron chi connectivity index (χ3n) is 6.75. The van der Waals surface area contributed by atoms with Gasteiger partial charge in [0, 0.05) is 0 Å². The minimum atomic E-state index is 0.291. The van der Waals surface area contributed by atoms with Gasteiger partial charge in [-0.3, -0.25) is 0 Å². The quantitative estimate of drug-likeness (QED) is 0.371. The standard InChI is InChI=1S/C31H28NSe/c1-3-9-25(10-4-1)29-21-24(22-30(33-29)26-11-5-2-6-12-26)16-15-23-19-27-13-7-17-32-18-8-14-28(20-23)31(27)32/h1-6,9-12,15-16,19-22H,7-8,13-14,17-18H2/q+1. The van der Waals surface area contributed by atoms with Crippen LogP contribution in [0.4, 0.5) is 0 Å². The molecule has 0 bridgehead atoms. The second-order valence-electron chi connectivity index (χ2n) is 9.07. The van der Waals surface area contributed by atoms with Crippen LogP contribution >= 0.6 is 0 Å². The summed E-state index contributed by atoms with van der Waals surface area (Å²) in [5.74, 6) is 0. The van der Waals surface area contributed by atoms with Crippen LogP contribution in [0.3, 0.4) is 0 Å². The van der Waals surface area contributed by atoms with Crippen LogP contribution in [0.25, 0.3) is 15.0 Å². The molecule has 0 aromatic heterocycles. The van der Waals surface area contributed by atoms with Crippen molar-refractivity contribution in [3.63, 3.8) is 0 Å². The summed E-state index contributed by atoms with van der Waals surface area (Å²) in [6, 6.07) is 26.6. The summed E-state index contributed by atoms with van der Waals surface area (Å²) in [5.41, 5.74) is 7.06. The third kappa shape index (κ3) is 4.34. The van der Waals surface area contributed by atoms with Crippen LogP contribution in [-0.4, -0.2) is 28.0 Å². The number of hydrogen-bond donors (Lipinski definition) is 0. The van der Waals surface area contributed by atoms with Gasteiger partial charge in [-0.05, 0) is 0 Å². The Kier molecular flexibility index (Phi) is 5.72. The Morgan fingerprint density at radius 3 is 1.76 bits per heavy atom. The average molecular weight is 494 g/mol. The van der Waals surface area contributed by atoms with Crippen molar-refractivity contribution in [3.05, 3.63) is 129 Å². The van der Waals surface area contributed by atoms with Crippen LogP contribution in [0.5, 0.6) is 0 Å². The second-order valence-corrected chi connectivity index (χ2v) is 11.3. The van der Waals surface area contributed by atoms with Crippen LogP contribution in [0.1, 0.15) is 35.1 Å². The molecule has 33 heavy (non-hydrogen) atoms. The monoisotopic (exact) mass is 494 g/mol. The van der Waals surface area contributed by atoms with Crippen molar-refractivity contribution < 1.29 is 0 Å². The van der Waals surface area contributed by atoms with Gasteiger partial charge in [-0.1, -0.05) is 0 Å². The summed E-state index contributed by atoms with van der Waals surface area (Å²) in [6.07, 6.45) is 14.4. The Hall–Kier alpha value is -2.93. The fourth-order valence-electron chi connectivity index (χ4n) is 5.23. The van der Waals surface area contributed by atoms with Crippen LogP contribution < -0.4 is 15.2 Å². The summed E-state index contributed by atoms with van der Waals surface area (Å²) >= 11 is 0.291. The van der Waals surface area contributed by atoms with Crippen LogP contribution in [0.2, 0.25) is 0 Å². The number of allylic oxidation sites excluding steroid dienone is 4. The van der Waals surface area contributed by atoms with Crippen molar-refractivity contribution in [2.24, 2.45) is 0 Å². The molecule has 0 atom stereocenters. The van der Waals surface area contributed by atoms with E-state index < -0.39 is 0 Å². The second kappa shape index (κ2) is 9.14. The van der Waals surface area contributed by atoms with Gasteiger partial charge in [-0.25, -0.2) is 0 Å². The molecule has 3 aliphatic heterocycles. The molecule has 0 unspecified atom stereocenters. The normalized spacial score (nSPS) is 17.1. The topological polar surface area (TPSA) is 3.01 Å². The van der Waals surface area contributed by atoms with Gasteiger partial charge in [-0.2, -0.15) is 0 Å². The van der Waals surface area contributed by atoms with Crippen molar-refractivity contribution in [1.82, 2.24) is 4.58 Å². The Labute approximate surface area is 202 Å². The van der Waals surface area contributed by atoms with Crippen molar-refractivity contribution >= 4 is 30.0 Å². The summed E-state index contributed by atoms with van der Waals surface area (Å²) < 4.78 is 5.51. The Morgan fingerprint density at radius 1 is 0.667 bits per heavy atom. The zero-order valence-electron chi connectivity index (χ0n) is 18.8. The van der Waals surface area contributed by atoms with Crippen LogP contribution in [-0.2, 0) is 12.8 Å². The third-order valence-corrected chi connectivity index (χ3v) is 9.16. The molecule has 0 aliphatic carbocycles. The first-order valence-corrected chi connectivity index (χ1v) is 13.7. The molecule has 0 spiro atoms. The van der Waals surface area contributed by atoms with Gasteiger partial charge in [-0.15, -0.1) is 0 Å². The molecule has 0 saturated carbocycles. The van der Waals surface area contributed by atoms with Gasteiger partial charge >= 0.3 is 203 Å². The molecule has 0 radical (unpaired) electrons. The summed E-state index contributed by atoms with van der Waals surface area (Å²) in [6.45, 7) is 2.46. The number of nitrogens with zero attached hydrogens (tertiary/aromatic N) is 1. The number of rotatable bonds is 3. The van der Waals surface area contributed by atoms with Crippen LogP contribution in [0.15, 0.2) is 96.6 Å². The molecule has 1 nitrogen and oxygen atoms in total. The molecule has 0 N–H and O–H groups in total. The molecule has 3 aliphatic rings. The molecule has 2 heteroatoms. The van der Waals surface area contributed by atoms with E-state index in [1.54, 1.807) is 16.5 Å². The molecule has 3 heterocycles. The first-order chi connectivity index (χ1) is 16.3. The van der Waals surface area contributed by atoms with Gasteiger partial charge in [0.25, 0.3) is 0 Å². The number of benzene rings is 3. The van der Waals surface area contributed by atoms with E-state index in [0.29, 0.717) is 15.0 Å². The molecular weight excluding hydrogens is 465 g/mol. The van der Waals surface area contributed by atoms with Crippen molar-refractivity contribution in [2.75, 3.05) is 13.1 Å². The molecule has 3 aromatic carbocycles. The van der Waals surface area contributed by atoms with E-state index in [-0.39, 0.29) is 0 Å². The maximum absolute atomic E-state index is 2.62. The van der Waals surface area contributed by atoms with E-state index >= 15 is 0 Å². The van der Waals surface area contributed by atoms with Gasteiger partial charge in [0.1, 0.15) is 0 Å². The summed E-state index contributed by atoms with van der Waals surface area (Å²) in [4.78, 5) is 0. The van der Waals surface area contributed by atoms with Gasteiger partial charge in [0.15, 0.2) is 0 Å². The van der Waals surface area contributed by atoms with Crippen molar-refractivity contribution in [3.8, 4) is 0 Å². The predicted molar refractivity (Wildman–Crippen MR) is 140 cm³/mol. The molecule has 0 fully saturated rings. The number of aryl methyl sites for hydroxylation is 2. The number of hydrogen-bond acceptors (Lipinski definition) is 0. The fourth-order valence-corrected chi connectivity index (χ4v) is 7.61. The van der Waals surface area contributed by atoms with E-state index in [1.165, 1.54) is 69.6 Å². The van der Waals surface area contributed by atoms with Crippen molar-refractivity contribution in [1.29, 1.82) is 0 Å². The van der Waals surface area contributed by atoms with E-state index in [0.717, 1.165) is 0 Å². The van der Waals surface area contributed by atoms with Gasteiger partial charge < -0.3 is 0 Å². The Balaban J connectivity index is 1.44. The summed E-state index contributed by atoms with van der Waals surface area (Å²) in [5, 5.41) is 2.90. The van der Waals surface area contributed by atoms with E-state index in [9.17, 15) is 0 Å². The average Bonchev–Trinajstić information content (AvgIpc) is 2.89. The van der Waals surface area contributed by atoms with E-state index in [1.807, 2.05) is 0 Å². The SMILES string of the molecule is C(C=c1cc2c3c(c1)CCC[N+]=3CCC2)=C1C=C(c2ccccc2)[Se]C(c2ccccc2)=C1. The Morgan fingerprint density at radius 2 is 1.21 bits per heavy atom. The van der Waals surface area contributed by atoms with Crippen LogP contribution in [0, 0.1) is 0 Å².